The number of benzene rings is 2. The maximum atomic E-state index is 12.1. The summed E-state index contributed by atoms with van der Waals surface area (Å²) < 4.78 is 5.09. The van der Waals surface area contributed by atoms with Gasteiger partial charge in [0, 0.05) is 18.4 Å². The molecule has 0 aromatic heterocycles. The molecule has 0 aliphatic heterocycles. The number of nitriles is 1. The predicted molar refractivity (Wildman–Crippen MR) is 98.1 cm³/mol. The van der Waals surface area contributed by atoms with Gasteiger partial charge in [-0.25, -0.2) is 0 Å². The van der Waals surface area contributed by atoms with Gasteiger partial charge >= 0.3 is 0 Å². The van der Waals surface area contributed by atoms with Crippen molar-refractivity contribution in [1.82, 2.24) is 5.32 Å². The van der Waals surface area contributed by atoms with Crippen LogP contribution in [-0.4, -0.2) is 13.0 Å². The third-order valence-electron chi connectivity index (χ3n) is 3.87. The topological polar surface area (TPSA) is 74.1 Å². The van der Waals surface area contributed by atoms with Crippen molar-refractivity contribution in [2.45, 2.75) is 20.4 Å². The van der Waals surface area contributed by atoms with Gasteiger partial charge in [-0.15, -0.1) is 0 Å². The number of amides is 1. The summed E-state index contributed by atoms with van der Waals surface area (Å²) >= 11 is 0. The van der Waals surface area contributed by atoms with E-state index < -0.39 is 5.91 Å². The highest BCUT2D eigenvalue weighted by atomic mass is 16.5. The molecule has 0 aliphatic rings. The fourth-order valence-corrected chi connectivity index (χ4v) is 2.16. The van der Waals surface area contributed by atoms with Crippen LogP contribution in [0.15, 0.2) is 54.2 Å². The summed E-state index contributed by atoms with van der Waals surface area (Å²) in [6.07, 6.45) is 1.42. The molecule has 2 aromatic carbocycles. The molecule has 2 rings (SSSR count). The third kappa shape index (κ3) is 5.11. The molecule has 128 valence electrons. The maximum Gasteiger partial charge on any atom is 0.263 e. The van der Waals surface area contributed by atoms with Crippen molar-refractivity contribution in [2.75, 3.05) is 12.4 Å². The minimum Gasteiger partial charge on any atom is -0.497 e. The van der Waals surface area contributed by atoms with Gasteiger partial charge in [0.1, 0.15) is 17.4 Å². The van der Waals surface area contributed by atoms with Crippen molar-refractivity contribution >= 4 is 11.6 Å². The molecule has 5 heteroatoms. The van der Waals surface area contributed by atoms with E-state index in [1.54, 1.807) is 7.11 Å². The lowest BCUT2D eigenvalue weighted by Crippen LogP contribution is -2.24. The lowest BCUT2D eigenvalue weighted by atomic mass is 10.1. The number of ether oxygens (including phenoxy) is 1. The Hall–Kier alpha value is -3.26. The van der Waals surface area contributed by atoms with Crippen molar-refractivity contribution in [3.05, 3.63) is 70.9 Å². The first-order chi connectivity index (χ1) is 12.0. The maximum absolute atomic E-state index is 12.1. The first-order valence-corrected chi connectivity index (χ1v) is 7.88. The Morgan fingerprint density at radius 3 is 2.48 bits per heavy atom. The molecule has 0 unspecified atom stereocenters. The second-order valence-corrected chi connectivity index (χ2v) is 5.64. The van der Waals surface area contributed by atoms with Gasteiger partial charge in [-0.3, -0.25) is 4.79 Å². The van der Waals surface area contributed by atoms with Crippen LogP contribution in [0, 0.1) is 25.2 Å². The molecule has 2 N–H and O–H groups in total. The van der Waals surface area contributed by atoms with E-state index in [-0.39, 0.29) is 5.57 Å². The quantitative estimate of drug-likeness (QED) is 0.626. The summed E-state index contributed by atoms with van der Waals surface area (Å²) in [4.78, 5) is 12.1. The molecular weight excluding hydrogens is 314 g/mol. The molecule has 0 heterocycles. The van der Waals surface area contributed by atoms with Crippen LogP contribution in [0.4, 0.5) is 5.69 Å². The van der Waals surface area contributed by atoms with Crippen molar-refractivity contribution in [3.8, 4) is 11.8 Å². The number of anilines is 1. The number of carbonyl (C=O) groups excluding carboxylic acids is 1. The minimum absolute atomic E-state index is 0.0201. The average Bonchev–Trinajstić information content (AvgIpc) is 2.63. The summed E-state index contributed by atoms with van der Waals surface area (Å²) in [5, 5.41) is 14.9. The monoisotopic (exact) mass is 335 g/mol. The Morgan fingerprint density at radius 1 is 1.16 bits per heavy atom. The number of aryl methyl sites for hydroxylation is 2. The van der Waals surface area contributed by atoms with Crippen LogP contribution in [0.25, 0.3) is 0 Å². The number of rotatable bonds is 6. The molecular formula is C20H21N3O2. The average molecular weight is 335 g/mol. The predicted octanol–water partition coefficient (Wildman–Crippen LogP) is 3.45. The smallest absolute Gasteiger partial charge is 0.263 e. The fourth-order valence-electron chi connectivity index (χ4n) is 2.16. The van der Waals surface area contributed by atoms with Crippen LogP contribution in [0.5, 0.6) is 5.75 Å². The van der Waals surface area contributed by atoms with Gasteiger partial charge in [0.15, 0.2) is 0 Å². The number of nitrogens with zero attached hydrogens (tertiary/aromatic N) is 1. The molecule has 2 aromatic rings. The van der Waals surface area contributed by atoms with Crippen LogP contribution in [-0.2, 0) is 11.3 Å². The number of hydrogen-bond acceptors (Lipinski definition) is 4. The van der Waals surface area contributed by atoms with Crippen LogP contribution in [0.3, 0.4) is 0 Å². The van der Waals surface area contributed by atoms with Crippen molar-refractivity contribution in [3.63, 3.8) is 0 Å². The molecule has 0 radical (unpaired) electrons. The van der Waals surface area contributed by atoms with Gasteiger partial charge in [0.05, 0.1) is 7.11 Å². The molecule has 0 aliphatic carbocycles. The van der Waals surface area contributed by atoms with Crippen molar-refractivity contribution in [1.29, 1.82) is 5.26 Å². The van der Waals surface area contributed by atoms with Gasteiger partial charge in [-0.2, -0.15) is 5.26 Å². The van der Waals surface area contributed by atoms with E-state index in [1.165, 1.54) is 11.8 Å². The molecule has 1 amide bonds. The van der Waals surface area contributed by atoms with E-state index in [0.29, 0.717) is 6.54 Å². The number of carbonyl (C=O) groups is 1. The third-order valence-corrected chi connectivity index (χ3v) is 3.87. The molecule has 0 spiro atoms. The highest BCUT2D eigenvalue weighted by Gasteiger charge is 2.08. The summed E-state index contributed by atoms with van der Waals surface area (Å²) in [6.45, 7) is 4.38. The molecule has 0 atom stereocenters. The Kier molecular flexibility index (Phi) is 6.19. The van der Waals surface area contributed by atoms with E-state index in [2.05, 4.69) is 10.6 Å². The van der Waals surface area contributed by atoms with Gasteiger partial charge in [0.25, 0.3) is 5.91 Å². The summed E-state index contributed by atoms with van der Waals surface area (Å²) in [5.41, 5.74) is 4.10. The lowest BCUT2D eigenvalue weighted by molar-refractivity contribution is -0.117. The van der Waals surface area contributed by atoms with Gasteiger partial charge in [0.2, 0.25) is 0 Å². The van der Waals surface area contributed by atoms with Crippen LogP contribution in [0.1, 0.15) is 16.7 Å². The molecule has 0 fully saturated rings. The largest absolute Gasteiger partial charge is 0.497 e. The second-order valence-electron chi connectivity index (χ2n) is 5.64. The van der Waals surface area contributed by atoms with Crippen molar-refractivity contribution in [2.24, 2.45) is 0 Å². The normalized spacial score (nSPS) is 10.7. The van der Waals surface area contributed by atoms with Crippen LogP contribution < -0.4 is 15.4 Å². The number of methoxy groups -OCH3 is 1. The first-order valence-electron chi connectivity index (χ1n) is 7.88. The second kappa shape index (κ2) is 8.55. The zero-order valence-electron chi connectivity index (χ0n) is 14.6. The van der Waals surface area contributed by atoms with E-state index in [1.807, 2.05) is 62.4 Å². The Bertz CT molecular complexity index is 818. The summed E-state index contributed by atoms with van der Waals surface area (Å²) in [5.74, 6) is 0.333. The molecule has 0 saturated heterocycles. The number of nitrogens with one attached hydrogen (secondary N) is 2. The number of hydrogen-bond donors (Lipinski definition) is 2. The molecule has 25 heavy (non-hydrogen) atoms. The van der Waals surface area contributed by atoms with Crippen molar-refractivity contribution < 1.29 is 9.53 Å². The Labute approximate surface area is 147 Å². The molecule has 0 bridgehead atoms. The SMILES string of the molecule is COc1ccc(CNC(=O)/C(C#N)=C\Nc2ccc(C)c(C)c2)cc1. The van der Waals surface area contributed by atoms with E-state index in [4.69, 9.17) is 4.74 Å². The molecule has 0 saturated carbocycles. The standard InChI is InChI=1S/C20H21N3O2/c1-14-4-7-18(10-15(14)2)22-13-17(11-21)20(24)23-12-16-5-8-19(25-3)9-6-16/h4-10,13,22H,12H2,1-3H3,(H,23,24)/b17-13-. The van der Waals surface area contributed by atoms with Gasteiger partial charge in [-0.05, 0) is 54.8 Å². The van der Waals surface area contributed by atoms with E-state index in [9.17, 15) is 10.1 Å². The lowest BCUT2D eigenvalue weighted by Gasteiger charge is -2.07. The van der Waals surface area contributed by atoms with Gasteiger partial charge < -0.3 is 15.4 Å². The zero-order valence-corrected chi connectivity index (χ0v) is 14.6. The zero-order chi connectivity index (χ0) is 18.2. The summed E-state index contributed by atoms with van der Waals surface area (Å²) in [6, 6.07) is 15.2. The van der Waals surface area contributed by atoms with E-state index in [0.717, 1.165) is 22.6 Å². The fraction of sp³-hybridized carbons (Fsp3) is 0.200. The van der Waals surface area contributed by atoms with Gasteiger partial charge in [-0.1, -0.05) is 18.2 Å². The van der Waals surface area contributed by atoms with Crippen LogP contribution >= 0.6 is 0 Å². The first kappa shape index (κ1) is 18.1. The molecule has 5 nitrogen and oxygen atoms in total. The van der Waals surface area contributed by atoms with Crippen LogP contribution in [0.2, 0.25) is 0 Å². The highest BCUT2D eigenvalue weighted by molar-refractivity contribution is 5.97. The summed E-state index contributed by atoms with van der Waals surface area (Å²) in [7, 11) is 1.60. The Balaban J connectivity index is 1.97. The highest BCUT2D eigenvalue weighted by Crippen LogP contribution is 2.14. The minimum atomic E-state index is -0.422. The Morgan fingerprint density at radius 2 is 1.88 bits per heavy atom. The van der Waals surface area contributed by atoms with E-state index >= 15 is 0 Å².